The van der Waals surface area contributed by atoms with Crippen molar-refractivity contribution in [3.8, 4) is 0 Å². The van der Waals surface area contributed by atoms with Gasteiger partial charge in [0.2, 0.25) is 0 Å². The van der Waals surface area contributed by atoms with Gasteiger partial charge in [-0.15, -0.1) is 0 Å². The Bertz CT molecular complexity index is 699. The van der Waals surface area contributed by atoms with Crippen LogP contribution >= 0.6 is 0 Å². The maximum Gasteiger partial charge on any atom is 0.0184 e. The molecule has 0 saturated carbocycles. The van der Waals surface area contributed by atoms with E-state index >= 15 is 0 Å². The summed E-state index contributed by atoms with van der Waals surface area (Å²) in [4.78, 5) is 0. The van der Waals surface area contributed by atoms with Crippen LogP contribution in [-0.2, 0) is 6.42 Å². The van der Waals surface area contributed by atoms with Crippen molar-refractivity contribution in [2.24, 2.45) is 0 Å². The monoisotopic (exact) mass is 379 g/mol. The molecule has 0 aromatic heterocycles. The van der Waals surface area contributed by atoms with E-state index in [4.69, 9.17) is 0 Å². The molecule has 0 unspecified atom stereocenters. The van der Waals surface area contributed by atoms with E-state index in [9.17, 15) is 0 Å². The fourth-order valence-corrected chi connectivity index (χ4v) is 3.29. The van der Waals surface area contributed by atoms with Gasteiger partial charge in [-0.1, -0.05) is 73.6 Å². The lowest BCUT2D eigenvalue weighted by atomic mass is 10.0. The van der Waals surface area contributed by atoms with E-state index in [2.05, 4.69) is 83.4 Å². The number of nitrogens with one attached hydrogen (secondary N) is 1. The molecule has 0 aliphatic heterocycles. The van der Waals surface area contributed by atoms with Crippen LogP contribution in [0.2, 0.25) is 0 Å². The van der Waals surface area contributed by atoms with Gasteiger partial charge in [-0.2, -0.15) is 0 Å². The molecule has 0 heterocycles. The fourth-order valence-electron chi connectivity index (χ4n) is 3.29. The van der Waals surface area contributed by atoms with Crippen LogP contribution in [0.1, 0.15) is 76.0 Å². The van der Waals surface area contributed by atoms with Gasteiger partial charge in [-0.3, -0.25) is 0 Å². The largest absolute Gasteiger partial charge is 0.388 e. The standard InChI is InChI=1S/C27H41N/c1-8-9-13-26(21(2)3)16-14-22(4)11-10-12-25(7)28-19-18-27-17-15-23(5)20-24(27)6/h14-17,20,28H,4,7-13,18-19H2,1-3,5-6H3/b16-14-. The lowest BCUT2D eigenvalue weighted by Crippen LogP contribution is -2.16. The van der Waals surface area contributed by atoms with Gasteiger partial charge >= 0.3 is 0 Å². The summed E-state index contributed by atoms with van der Waals surface area (Å²) in [7, 11) is 0. The van der Waals surface area contributed by atoms with Gasteiger partial charge in [0.25, 0.3) is 0 Å². The molecule has 0 radical (unpaired) electrons. The molecule has 1 heteroatoms. The van der Waals surface area contributed by atoms with Crippen molar-refractivity contribution < 1.29 is 0 Å². The first-order valence-electron chi connectivity index (χ1n) is 10.8. The molecule has 1 nitrogen and oxygen atoms in total. The van der Waals surface area contributed by atoms with Gasteiger partial charge in [-0.05, 0) is 82.9 Å². The predicted molar refractivity (Wildman–Crippen MR) is 127 cm³/mol. The van der Waals surface area contributed by atoms with Crippen LogP contribution in [0.3, 0.4) is 0 Å². The second kappa shape index (κ2) is 13.2. The number of hydrogen-bond donors (Lipinski definition) is 1. The summed E-state index contributed by atoms with van der Waals surface area (Å²) in [5.41, 5.74) is 9.34. The SMILES string of the molecule is C=C(/C=C\C(CCCC)=C(C)C)CCCC(=C)NCCc1ccc(C)cc1C. The summed E-state index contributed by atoms with van der Waals surface area (Å²) >= 11 is 0. The van der Waals surface area contributed by atoms with Crippen molar-refractivity contribution in [2.75, 3.05) is 6.54 Å². The van der Waals surface area contributed by atoms with Crippen LogP contribution in [0.5, 0.6) is 0 Å². The van der Waals surface area contributed by atoms with Crippen LogP contribution in [0.25, 0.3) is 0 Å². The van der Waals surface area contributed by atoms with Crippen molar-refractivity contribution in [1.29, 1.82) is 0 Å². The van der Waals surface area contributed by atoms with Gasteiger partial charge in [-0.25, -0.2) is 0 Å². The van der Waals surface area contributed by atoms with E-state index in [1.54, 1.807) is 0 Å². The lowest BCUT2D eigenvalue weighted by Gasteiger charge is -2.11. The highest BCUT2D eigenvalue weighted by Crippen LogP contribution is 2.17. The zero-order valence-corrected chi connectivity index (χ0v) is 19.0. The third-order valence-corrected chi connectivity index (χ3v) is 5.21. The normalized spacial score (nSPS) is 10.9. The number of rotatable bonds is 13. The third-order valence-electron chi connectivity index (χ3n) is 5.21. The summed E-state index contributed by atoms with van der Waals surface area (Å²) in [6, 6.07) is 6.69. The highest BCUT2D eigenvalue weighted by molar-refractivity contribution is 5.31. The predicted octanol–water partition coefficient (Wildman–Crippen LogP) is 7.76. The molecule has 1 aromatic carbocycles. The number of hydrogen-bond acceptors (Lipinski definition) is 1. The van der Waals surface area contributed by atoms with E-state index in [1.807, 2.05) is 0 Å². The minimum absolute atomic E-state index is 0.949. The highest BCUT2D eigenvalue weighted by Gasteiger charge is 2.01. The van der Waals surface area contributed by atoms with Gasteiger partial charge in [0.1, 0.15) is 0 Å². The van der Waals surface area contributed by atoms with E-state index in [-0.39, 0.29) is 0 Å². The molecule has 0 aliphatic carbocycles. The molecular formula is C27H41N. The Morgan fingerprint density at radius 1 is 1.00 bits per heavy atom. The second-order valence-electron chi connectivity index (χ2n) is 8.18. The third kappa shape index (κ3) is 9.78. The summed E-state index contributed by atoms with van der Waals surface area (Å²) in [5.74, 6) is 0. The lowest BCUT2D eigenvalue weighted by molar-refractivity contribution is 0.708. The summed E-state index contributed by atoms with van der Waals surface area (Å²) in [6.07, 6.45) is 12.3. The van der Waals surface area contributed by atoms with Crippen LogP contribution in [0, 0.1) is 13.8 Å². The zero-order chi connectivity index (χ0) is 20.9. The number of benzene rings is 1. The van der Waals surface area contributed by atoms with Gasteiger partial charge < -0.3 is 5.32 Å². The Morgan fingerprint density at radius 3 is 2.39 bits per heavy atom. The van der Waals surface area contributed by atoms with E-state index < -0.39 is 0 Å². The van der Waals surface area contributed by atoms with Crippen LogP contribution in [-0.4, -0.2) is 6.54 Å². The van der Waals surface area contributed by atoms with Crippen molar-refractivity contribution in [3.05, 3.63) is 82.6 Å². The van der Waals surface area contributed by atoms with E-state index in [1.165, 1.54) is 52.7 Å². The Morgan fingerprint density at radius 2 is 1.75 bits per heavy atom. The van der Waals surface area contributed by atoms with Crippen molar-refractivity contribution in [1.82, 2.24) is 5.32 Å². The second-order valence-corrected chi connectivity index (χ2v) is 8.18. The molecule has 1 rings (SSSR count). The molecule has 0 saturated heterocycles. The first kappa shape index (κ1) is 24.0. The van der Waals surface area contributed by atoms with Crippen molar-refractivity contribution in [2.45, 2.75) is 79.6 Å². The smallest absolute Gasteiger partial charge is 0.0184 e. The van der Waals surface area contributed by atoms with Crippen LogP contribution < -0.4 is 5.32 Å². The molecule has 154 valence electrons. The Labute approximate surface area is 174 Å². The molecule has 0 fully saturated rings. The number of unbranched alkanes of at least 4 members (excludes halogenated alkanes) is 1. The summed E-state index contributed by atoms with van der Waals surface area (Å²) in [6.45, 7) is 20.3. The first-order valence-corrected chi connectivity index (χ1v) is 10.8. The molecule has 0 bridgehead atoms. The van der Waals surface area contributed by atoms with E-state index in [0.29, 0.717) is 0 Å². The molecule has 0 spiro atoms. The van der Waals surface area contributed by atoms with Gasteiger partial charge in [0.15, 0.2) is 0 Å². The zero-order valence-electron chi connectivity index (χ0n) is 19.0. The summed E-state index contributed by atoms with van der Waals surface area (Å²) in [5, 5.41) is 3.49. The summed E-state index contributed by atoms with van der Waals surface area (Å²) < 4.78 is 0. The molecule has 1 N–H and O–H groups in total. The minimum atomic E-state index is 0.949. The average molecular weight is 380 g/mol. The van der Waals surface area contributed by atoms with E-state index in [0.717, 1.165) is 37.9 Å². The molecule has 0 atom stereocenters. The highest BCUT2D eigenvalue weighted by atomic mass is 14.9. The van der Waals surface area contributed by atoms with Crippen LogP contribution in [0.15, 0.2) is 65.9 Å². The topological polar surface area (TPSA) is 12.0 Å². The molecular weight excluding hydrogens is 338 g/mol. The molecule has 0 aliphatic rings. The first-order chi connectivity index (χ1) is 13.3. The van der Waals surface area contributed by atoms with Gasteiger partial charge in [0, 0.05) is 12.2 Å². The van der Waals surface area contributed by atoms with Gasteiger partial charge in [0.05, 0.1) is 0 Å². The molecule has 0 amide bonds. The van der Waals surface area contributed by atoms with Crippen molar-refractivity contribution >= 4 is 0 Å². The maximum atomic E-state index is 4.22. The quantitative estimate of drug-likeness (QED) is 0.345. The molecule has 28 heavy (non-hydrogen) atoms. The molecule has 1 aromatic rings. The van der Waals surface area contributed by atoms with Crippen molar-refractivity contribution in [3.63, 3.8) is 0 Å². The Kier molecular flexibility index (Phi) is 11.3. The average Bonchev–Trinajstić information content (AvgIpc) is 2.63. The Balaban J connectivity index is 2.28. The minimum Gasteiger partial charge on any atom is -0.388 e. The maximum absolute atomic E-state index is 4.22. The fraction of sp³-hybridized carbons (Fsp3) is 0.481. The van der Waals surface area contributed by atoms with Crippen LogP contribution in [0.4, 0.5) is 0 Å². The Hall–Kier alpha value is -2.02. The number of aryl methyl sites for hydroxylation is 2. The number of allylic oxidation sites excluding steroid dienone is 6.